The second-order valence-corrected chi connectivity index (χ2v) is 10.00. The number of hydrogen-bond acceptors (Lipinski definition) is 6. The maximum Gasteiger partial charge on any atom is 0.338 e. The van der Waals surface area contributed by atoms with Gasteiger partial charge in [0.15, 0.2) is 0 Å². The molecule has 0 fully saturated rings. The Hall–Kier alpha value is -2.25. The fraction of sp³-hybridized carbons (Fsp3) is 0.269. The molecule has 0 amide bonds. The van der Waals surface area contributed by atoms with Crippen LogP contribution >= 0.6 is 23.5 Å². The van der Waals surface area contributed by atoms with Crippen molar-refractivity contribution in [1.29, 1.82) is 0 Å². The van der Waals surface area contributed by atoms with Crippen LogP contribution in [-0.2, 0) is 16.2 Å². The normalized spacial score (nSPS) is 13.0. The van der Waals surface area contributed by atoms with E-state index in [1.165, 1.54) is 11.1 Å². The molecule has 0 saturated carbocycles. The molecule has 0 heterocycles. The molecule has 0 radical (unpaired) electrons. The lowest BCUT2D eigenvalue weighted by Gasteiger charge is -2.26. The Morgan fingerprint density at radius 3 is 1.72 bits per heavy atom. The molecule has 0 aliphatic rings. The number of aliphatic hydroxyl groups excluding tert-OH is 2. The molecule has 0 unspecified atom stereocenters. The van der Waals surface area contributed by atoms with Crippen LogP contribution < -0.4 is 0 Å². The number of rotatable bonds is 12. The highest BCUT2D eigenvalue weighted by molar-refractivity contribution is 8.16. The summed E-state index contributed by atoms with van der Waals surface area (Å²) in [7, 11) is 0. The van der Waals surface area contributed by atoms with E-state index in [-0.39, 0.29) is 4.58 Å². The van der Waals surface area contributed by atoms with Crippen molar-refractivity contribution in [3.8, 4) is 0 Å². The molecule has 3 aromatic carbocycles. The van der Waals surface area contributed by atoms with Crippen molar-refractivity contribution in [2.75, 3.05) is 6.61 Å². The number of esters is 1. The first-order valence-corrected chi connectivity index (χ1v) is 12.6. The average molecular weight is 469 g/mol. The molecule has 0 aliphatic carbocycles. The molecule has 2 N–H and O–H groups in total. The third-order valence-corrected chi connectivity index (χ3v) is 7.81. The summed E-state index contributed by atoms with van der Waals surface area (Å²) >= 11 is 3.50. The Morgan fingerprint density at radius 1 is 0.781 bits per heavy atom. The summed E-state index contributed by atoms with van der Waals surface area (Å²) in [5.41, 5.74) is 2.85. The Morgan fingerprint density at radius 2 is 1.25 bits per heavy atom. The topological polar surface area (TPSA) is 66.8 Å². The molecule has 168 valence electrons. The fourth-order valence-electron chi connectivity index (χ4n) is 3.08. The lowest BCUT2D eigenvalue weighted by atomic mass is 10.1. The van der Waals surface area contributed by atoms with Crippen LogP contribution in [0.2, 0.25) is 0 Å². The maximum absolute atomic E-state index is 12.6. The highest BCUT2D eigenvalue weighted by atomic mass is 32.2. The number of carbonyl (C=O) groups excluding carboxylic acids is 1. The lowest BCUT2D eigenvalue weighted by molar-refractivity contribution is -0.0383. The van der Waals surface area contributed by atoms with Gasteiger partial charge in [-0.1, -0.05) is 78.9 Å². The van der Waals surface area contributed by atoms with Crippen LogP contribution in [0.4, 0.5) is 0 Å². The molecule has 0 aromatic heterocycles. The van der Waals surface area contributed by atoms with Gasteiger partial charge in [-0.25, -0.2) is 4.79 Å². The minimum absolute atomic E-state index is 0.0604. The van der Waals surface area contributed by atoms with Gasteiger partial charge in [-0.15, -0.1) is 23.5 Å². The Bertz CT molecular complexity index is 879. The molecular formula is C26H28O4S2. The van der Waals surface area contributed by atoms with E-state index < -0.39 is 24.8 Å². The van der Waals surface area contributed by atoms with Crippen molar-refractivity contribution >= 4 is 29.5 Å². The molecule has 32 heavy (non-hydrogen) atoms. The summed E-state index contributed by atoms with van der Waals surface area (Å²) in [6.07, 6.45) is -1.51. The largest absolute Gasteiger partial charge is 0.456 e. The number of aliphatic hydroxyl groups is 2. The van der Waals surface area contributed by atoms with Gasteiger partial charge in [0, 0.05) is 17.9 Å². The highest BCUT2D eigenvalue weighted by Gasteiger charge is 2.28. The maximum atomic E-state index is 12.6. The standard InChI is InChI=1S/C26H28O4S2/c27-17-23(28)24(30-26(29)22-14-8-3-9-15-22)16-25(31-18-20-10-4-1-5-11-20)32-19-21-12-6-2-7-13-21/h1-15,23-25,27-28H,16-19H2/t23-,24-/m0/s1. The number of ether oxygens (including phenoxy) is 1. The predicted octanol–water partition coefficient (Wildman–Crippen LogP) is 5.15. The molecule has 3 aromatic rings. The van der Waals surface area contributed by atoms with Crippen LogP contribution in [0.5, 0.6) is 0 Å². The first kappa shape index (κ1) is 24.4. The molecule has 0 spiro atoms. The molecule has 4 nitrogen and oxygen atoms in total. The minimum Gasteiger partial charge on any atom is -0.456 e. The Kier molecular flexibility index (Phi) is 10.2. The van der Waals surface area contributed by atoms with E-state index in [0.29, 0.717) is 12.0 Å². The monoisotopic (exact) mass is 468 g/mol. The van der Waals surface area contributed by atoms with E-state index in [4.69, 9.17) is 4.74 Å². The van der Waals surface area contributed by atoms with E-state index >= 15 is 0 Å². The molecular weight excluding hydrogens is 440 g/mol. The quantitative estimate of drug-likeness (QED) is 0.283. The van der Waals surface area contributed by atoms with Gasteiger partial charge in [0.2, 0.25) is 0 Å². The van der Waals surface area contributed by atoms with Crippen molar-refractivity contribution in [2.45, 2.75) is 34.7 Å². The Balaban J connectivity index is 1.69. The number of thioether (sulfide) groups is 2. The van der Waals surface area contributed by atoms with Crippen molar-refractivity contribution in [2.24, 2.45) is 0 Å². The van der Waals surface area contributed by atoms with Gasteiger partial charge in [0.1, 0.15) is 12.2 Å². The summed E-state index contributed by atoms with van der Waals surface area (Å²) in [6.45, 7) is -0.466. The first-order chi connectivity index (χ1) is 15.7. The third kappa shape index (κ3) is 8.02. The highest BCUT2D eigenvalue weighted by Crippen LogP contribution is 2.34. The molecule has 0 aliphatic heterocycles. The predicted molar refractivity (Wildman–Crippen MR) is 133 cm³/mol. The van der Waals surface area contributed by atoms with Crippen LogP contribution in [0, 0.1) is 0 Å². The van der Waals surface area contributed by atoms with Crippen molar-refractivity contribution in [3.63, 3.8) is 0 Å². The van der Waals surface area contributed by atoms with E-state index in [2.05, 4.69) is 24.3 Å². The molecule has 0 bridgehead atoms. The smallest absolute Gasteiger partial charge is 0.338 e. The van der Waals surface area contributed by atoms with Crippen molar-refractivity contribution < 1.29 is 19.7 Å². The van der Waals surface area contributed by atoms with Gasteiger partial charge < -0.3 is 14.9 Å². The van der Waals surface area contributed by atoms with E-state index in [0.717, 1.165) is 11.5 Å². The van der Waals surface area contributed by atoms with E-state index in [1.807, 2.05) is 42.5 Å². The third-order valence-electron chi connectivity index (χ3n) is 4.87. The van der Waals surface area contributed by atoms with Crippen LogP contribution in [-0.4, -0.2) is 39.6 Å². The summed E-state index contributed by atoms with van der Waals surface area (Å²) < 4.78 is 5.71. The SMILES string of the molecule is O=C(O[C@@H](CC(SCc1ccccc1)SCc1ccccc1)[C@@H](O)CO)c1ccccc1. The van der Waals surface area contributed by atoms with Gasteiger partial charge in [0.05, 0.1) is 16.8 Å². The first-order valence-electron chi connectivity index (χ1n) is 10.5. The van der Waals surface area contributed by atoms with Gasteiger partial charge in [0.25, 0.3) is 0 Å². The number of carbonyl (C=O) groups is 1. The minimum atomic E-state index is -1.14. The molecule has 2 atom stereocenters. The second-order valence-electron chi connectivity index (χ2n) is 7.32. The molecule has 3 rings (SSSR count). The van der Waals surface area contributed by atoms with E-state index in [1.54, 1.807) is 47.8 Å². The van der Waals surface area contributed by atoms with Gasteiger partial charge in [-0.05, 0) is 23.3 Å². The Labute approximate surface area is 198 Å². The van der Waals surface area contributed by atoms with Crippen LogP contribution in [0.1, 0.15) is 27.9 Å². The zero-order valence-electron chi connectivity index (χ0n) is 17.7. The zero-order chi connectivity index (χ0) is 22.6. The van der Waals surface area contributed by atoms with E-state index in [9.17, 15) is 15.0 Å². The summed E-state index contributed by atoms with van der Waals surface area (Å²) in [5, 5.41) is 19.9. The summed E-state index contributed by atoms with van der Waals surface area (Å²) in [4.78, 5) is 12.6. The zero-order valence-corrected chi connectivity index (χ0v) is 19.4. The fourth-order valence-corrected chi connectivity index (χ4v) is 5.67. The summed E-state index contributed by atoms with van der Waals surface area (Å²) in [5.74, 6) is 1.12. The second kappa shape index (κ2) is 13.3. The number of benzene rings is 3. The van der Waals surface area contributed by atoms with Crippen molar-refractivity contribution in [1.82, 2.24) is 0 Å². The number of hydrogen-bond donors (Lipinski definition) is 2. The van der Waals surface area contributed by atoms with Gasteiger partial charge in [-0.2, -0.15) is 0 Å². The average Bonchev–Trinajstić information content (AvgIpc) is 2.86. The van der Waals surface area contributed by atoms with Crippen LogP contribution in [0.3, 0.4) is 0 Å². The molecule has 0 saturated heterocycles. The van der Waals surface area contributed by atoms with Crippen molar-refractivity contribution in [3.05, 3.63) is 108 Å². The molecule has 6 heteroatoms. The lowest BCUT2D eigenvalue weighted by Crippen LogP contribution is -2.36. The van der Waals surface area contributed by atoms with Gasteiger partial charge >= 0.3 is 5.97 Å². The summed E-state index contributed by atoms with van der Waals surface area (Å²) in [6, 6.07) is 29.1. The van der Waals surface area contributed by atoms with Gasteiger partial charge in [-0.3, -0.25) is 0 Å². The van der Waals surface area contributed by atoms with Crippen LogP contribution in [0.15, 0.2) is 91.0 Å². The van der Waals surface area contributed by atoms with Crippen LogP contribution in [0.25, 0.3) is 0 Å².